The summed E-state index contributed by atoms with van der Waals surface area (Å²) in [5.41, 5.74) is 0.364. The lowest BCUT2D eigenvalue weighted by Crippen LogP contribution is -2.12. The third kappa shape index (κ3) is 16.0. The normalized spacial score (nSPS) is 12.1. The van der Waals surface area contributed by atoms with Gasteiger partial charge in [-0.05, 0) is 24.5 Å². The van der Waals surface area contributed by atoms with Crippen molar-refractivity contribution in [2.75, 3.05) is 0 Å². The van der Waals surface area contributed by atoms with Crippen molar-refractivity contribution in [3.8, 4) is 11.5 Å². The molecule has 1 rings (SSSR count). The van der Waals surface area contributed by atoms with Gasteiger partial charge in [-0.3, -0.25) is 9.11 Å². The molecule has 0 saturated heterocycles. The number of hydrogen-bond acceptors (Lipinski definition) is 6. The molecule has 0 bridgehead atoms. The maximum Gasteiger partial charge on any atom is 0.446 e. The number of rotatable bonds is 20. The van der Waals surface area contributed by atoms with Gasteiger partial charge in [0.1, 0.15) is 0 Å². The molecule has 192 valence electrons. The predicted octanol–water partition coefficient (Wildman–Crippen LogP) is 6.46. The summed E-state index contributed by atoms with van der Waals surface area (Å²) >= 11 is 0. The largest absolute Gasteiger partial charge is 0.446 e. The van der Waals surface area contributed by atoms with Crippen LogP contribution in [-0.2, 0) is 27.2 Å². The smallest absolute Gasteiger partial charge is 0.358 e. The fourth-order valence-corrected chi connectivity index (χ4v) is 4.58. The Morgan fingerprint density at radius 1 is 0.636 bits per heavy atom. The Hall–Kier alpha value is -1.36. The van der Waals surface area contributed by atoms with E-state index in [1.54, 1.807) is 6.07 Å². The van der Waals surface area contributed by atoms with Crippen LogP contribution in [0.15, 0.2) is 18.2 Å². The summed E-state index contributed by atoms with van der Waals surface area (Å²) in [6.45, 7) is 2.24. The first kappa shape index (κ1) is 29.7. The molecule has 0 spiro atoms. The lowest BCUT2D eigenvalue weighted by Gasteiger charge is -2.13. The van der Waals surface area contributed by atoms with Gasteiger partial charge in [-0.25, -0.2) is 0 Å². The molecule has 2 N–H and O–H groups in total. The van der Waals surface area contributed by atoms with Gasteiger partial charge in [0.05, 0.1) is 0 Å². The minimum Gasteiger partial charge on any atom is -0.358 e. The zero-order valence-corrected chi connectivity index (χ0v) is 21.3. The number of unbranched alkanes of at least 4 members (excludes halogenated alkanes) is 14. The fraction of sp³-hybridized carbons (Fsp3) is 0.739. The van der Waals surface area contributed by atoms with Crippen molar-refractivity contribution in [2.45, 2.75) is 110 Å². The summed E-state index contributed by atoms with van der Waals surface area (Å²) in [5.74, 6) is -0.948. The average Bonchev–Trinajstić information content (AvgIpc) is 2.71. The van der Waals surface area contributed by atoms with E-state index >= 15 is 0 Å². The molecule has 33 heavy (non-hydrogen) atoms. The van der Waals surface area contributed by atoms with Gasteiger partial charge in [0.2, 0.25) is 0 Å². The molecule has 1 aromatic carbocycles. The zero-order valence-electron chi connectivity index (χ0n) is 19.7. The lowest BCUT2D eigenvalue weighted by atomic mass is 10.0. The molecule has 0 heterocycles. The highest BCUT2D eigenvalue weighted by Gasteiger charge is 2.20. The minimum absolute atomic E-state index is 0.364. The van der Waals surface area contributed by atoms with Gasteiger partial charge < -0.3 is 8.37 Å². The molecule has 0 atom stereocenters. The first-order valence-electron chi connectivity index (χ1n) is 12.1. The van der Waals surface area contributed by atoms with Crippen molar-refractivity contribution in [1.82, 2.24) is 0 Å². The third-order valence-corrected chi connectivity index (χ3v) is 6.26. The summed E-state index contributed by atoms with van der Waals surface area (Å²) in [6.07, 6.45) is 18.7. The van der Waals surface area contributed by atoms with Crippen LogP contribution < -0.4 is 8.37 Å². The molecular formula is C23H40O8S2. The van der Waals surface area contributed by atoms with Crippen molar-refractivity contribution >= 4 is 20.8 Å². The third-order valence-electron chi connectivity index (χ3n) is 5.49. The van der Waals surface area contributed by atoms with E-state index in [1.807, 2.05) is 0 Å². The first-order chi connectivity index (χ1) is 15.6. The van der Waals surface area contributed by atoms with Gasteiger partial charge in [0.15, 0.2) is 11.5 Å². The van der Waals surface area contributed by atoms with Gasteiger partial charge in [0, 0.05) is 0 Å². The van der Waals surface area contributed by atoms with Gasteiger partial charge in [0.25, 0.3) is 0 Å². The van der Waals surface area contributed by atoms with E-state index in [-0.39, 0.29) is 0 Å². The predicted molar refractivity (Wildman–Crippen MR) is 129 cm³/mol. The van der Waals surface area contributed by atoms with Crippen molar-refractivity contribution in [2.24, 2.45) is 0 Å². The van der Waals surface area contributed by atoms with Crippen LogP contribution in [0.5, 0.6) is 11.5 Å². The second-order valence-corrected chi connectivity index (χ2v) is 10.5. The molecule has 0 aliphatic carbocycles. The van der Waals surface area contributed by atoms with Crippen molar-refractivity contribution in [3.63, 3.8) is 0 Å². The molecular weight excluding hydrogens is 468 g/mol. The van der Waals surface area contributed by atoms with Crippen LogP contribution >= 0.6 is 0 Å². The lowest BCUT2D eigenvalue weighted by molar-refractivity contribution is 0.359. The van der Waals surface area contributed by atoms with Gasteiger partial charge >= 0.3 is 20.8 Å². The van der Waals surface area contributed by atoms with E-state index in [0.717, 1.165) is 31.7 Å². The van der Waals surface area contributed by atoms with Crippen LogP contribution in [0, 0.1) is 0 Å². The highest BCUT2D eigenvalue weighted by molar-refractivity contribution is 7.81. The number of aryl methyl sites for hydroxylation is 1. The molecule has 0 aromatic heterocycles. The summed E-state index contributed by atoms with van der Waals surface area (Å²) in [5, 5.41) is 0. The van der Waals surface area contributed by atoms with Crippen LogP contribution in [0.3, 0.4) is 0 Å². The zero-order chi connectivity index (χ0) is 24.6. The monoisotopic (exact) mass is 508 g/mol. The molecule has 0 unspecified atom stereocenters. The average molecular weight is 509 g/mol. The van der Waals surface area contributed by atoms with E-state index in [1.165, 1.54) is 76.7 Å². The van der Waals surface area contributed by atoms with Gasteiger partial charge in [-0.2, -0.15) is 16.8 Å². The molecule has 0 aliphatic heterocycles. The Morgan fingerprint density at radius 2 is 1.06 bits per heavy atom. The Labute approximate surface area is 200 Å². The molecule has 0 aliphatic rings. The van der Waals surface area contributed by atoms with Crippen LogP contribution in [0.2, 0.25) is 0 Å². The fourth-order valence-electron chi connectivity index (χ4n) is 3.82. The maximum atomic E-state index is 11.1. The molecule has 0 fully saturated rings. The molecule has 0 saturated carbocycles. The summed E-state index contributed by atoms with van der Waals surface area (Å²) in [7, 11) is -9.77. The molecule has 8 nitrogen and oxygen atoms in total. The van der Waals surface area contributed by atoms with E-state index in [0.29, 0.717) is 12.0 Å². The summed E-state index contributed by atoms with van der Waals surface area (Å²) in [4.78, 5) is 0. The quantitative estimate of drug-likeness (QED) is 0.152. The second kappa shape index (κ2) is 16.3. The van der Waals surface area contributed by atoms with Crippen molar-refractivity contribution in [1.29, 1.82) is 0 Å². The van der Waals surface area contributed by atoms with Crippen molar-refractivity contribution < 1.29 is 34.3 Å². The van der Waals surface area contributed by atoms with E-state index in [2.05, 4.69) is 15.3 Å². The molecule has 0 amide bonds. The van der Waals surface area contributed by atoms with Crippen LogP contribution in [0.25, 0.3) is 0 Å². The molecule has 1 aromatic rings. The first-order valence-corrected chi connectivity index (χ1v) is 14.8. The van der Waals surface area contributed by atoms with Gasteiger partial charge in [-0.15, -0.1) is 0 Å². The maximum absolute atomic E-state index is 11.1. The number of para-hydroxylation sites is 1. The Bertz CT molecular complexity index is 866. The molecule has 10 heteroatoms. The summed E-state index contributed by atoms with van der Waals surface area (Å²) < 4.78 is 71.1. The number of hydrogen-bond donors (Lipinski definition) is 2. The van der Waals surface area contributed by atoms with Gasteiger partial charge in [-0.1, -0.05) is 109 Å². The standard InChI is InChI=1S/C23H40O8S2/c1-2-3-4-5-6-7-8-9-10-11-12-13-14-15-16-18-21-19-17-20-22(30-32(24,25)26)23(21)31-33(27,28)29/h17,19-20H,2-16,18H2,1H3,(H,24,25,26)(H,27,28,29). The van der Waals surface area contributed by atoms with Crippen molar-refractivity contribution in [3.05, 3.63) is 23.8 Å². The topological polar surface area (TPSA) is 127 Å². The summed E-state index contributed by atoms with van der Waals surface area (Å²) in [6, 6.07) is 4.14. The van der Waals surface area contributed by atoms with Crippen LogP contribution in [0.4, 0.5) is 0 Å². The van der Waals surface area contributed by atoms with E-state index in [4.69, 9.17) is 9.11 Å². The van der Waals surface area contributed by atoms with E-state index in [9.17, 15) is 16.8 Å². The van der Waals surface area contributed by atoms with E-state index < -0.39 is 32.3 Å². The highest BCUT2D eigenvalue weighted by atomic mass is 32.3. The SMILES string of the molecule is CCCCCCCCCCCCCCCCCc1cccc(OS(=O)(=O)O)c1OS(=O)(=O)O. The number of benzene rings is 1. The Morgan fingerprint density at radius 3 is 1.48 bits per heavy atom. The Kier molecular flexibility index (Phi) is 14.7. The minimum atomic E-state index is -4.89. The highest BCUT2D eigenvalue weighted by Crippen LogP contribution is 2.34. The Balaban J connectivity index is 2.27. The second-order valence-electron chi connectivity index (χ2n) is 8.47. The molecule has 0 radical (unpaired) electrons. The van der Waals surface area contributed by atoms with Crippen LogP contribution in [0.1, 0.15) is 109 Å². The van der Waals surface area contributed by atoms with Crippen LogP contribution in [-0.4, -0.2) is 25.9 Å².